The molecule has 0 spiro atoms. The Balaban J connectivity index is 1.69. The summed E-state index contributed by atoms with van der Waals surface area (Å²) in [6.07, 6.45) is 8.34. The SMILES string of the molecule is NC(=S)C1CCCCN1C(=O)C1C2CCCCC21. The third-order valence-corrected chi connectivity index (χ3v) is 5.33. The van der Waals surface area contributed by atoms with E-state index in [9.17, 15) is 4.79 Å². The van der Waals surface area contributed by atoms with E-state index < -0.39 is 0 Å². The molecule has 1 saturated heterocycles. The maximum Gasteiger partial charge on any atom is 0.226 e. The first-order chi connectivity index (χ1) is 8.70. The minimum atomic E-state index is 0.0314. The zero-order valence-electron chi connectivity index (χ0n) is 10.8. The molecule has 4 heteroatoms. The van der Waals surface area contributed by atoms with E-state index in [1.165, 1.54) is 25.7 Å². The molecule has 0 aromatic carbocycles. The van der Waals surface area contributed by atoms with E-state index in [0.717, 1.165) is 25.8 Å². The molecular formula is C14H22N2OS. The summed E-state index contributed by atoms with van der Waals surface area (Å²) in [7, 11) is 0. The number of carbonyl (C=O) groups is 1. The first-order valence-corrected chi connectivity index (χ1v) is 7.71. The quantitative estimate of drug-likeness (QED) is 0.779. The molecule has 3 aliphatic rings. The molecule has 3 unspecified atom stereocenters. The van der Waals surface area contributed by atoms with Gasteiger partial charge in [-0.3, -0.25) is 4.79 Å². The van der Waals surface area contributed by atoms with Gasteiger partial charge in [0.2, 0.25) is 5.91 Å². The summed E-state index contributed by atoms with van der Waals surface area (Å²) in [6.45, 7) is 0.858. The van der Waals surface area contributed by atoms with Gasteiger partial charge in [-0.05, 0) is 43.9 Å². The summed E-state index contributed by atoms with van der Waals surface area (Å²) >= 11 is 5.13. The Morgan fingerprint density at radius 3 is 2.28 bits per heavy atom. The van der Waals surface area contributed by atoms with Crippen molar-refractivity contribution in [2.45, 2.75) is 51.0 Å². The molecule has 0 bridgehead atoms. The lowest BCUT2D eigenvalue weighted by Crippen LogP contribution is -2.50. The van der Waals surface area contributed by atoms with Crippen molar-refractivity contribution in [1.29, 1.82) is 0 Å². The maximum atomic E-state index is 12.7. The number of hydrogen-bond acceptors (Lipinski definition) is 2. The van der Waals surface area contributed by atoms with Gasteiger partial charge in [0, 0.05) is 12.5 Å². The summed E-state index contributed by atoms with van der Waals surface area (Å²) < 4.78 is 0. The summed E-state index contributed by atoms with van der Waals surface area (Å²) in [5.74, 6) is 2.02. The van der Waals surface area contributed by atoms with Gasteiger partial charge in [0.15, 0.2) is 0 Å². The van der Waals surface area contributed by atoms with Crippen molar-refractivity contribution in [3.63, 3.8) is 0 Å². The van der Waals surface area contributed by atoms with Crippen LogP contribution in [0, 0.1) is 17.8 Å². The van der Waals surface area contributed by atoms with E-state index >= 15 is 0 Å². The Bertz CT molecular complexity index is 359. The van der Waals surface area contributed by atoms with Gasteiger partial charge in [-0.15, -0.1) is 0 Å². The van der Waals surface area contributed by atoms with Gasteiger partial charge in [0.25, 0.3) is 0 Å². The minimum absolute atomic E-state index is 0.0314. The molecule has 1 heterocycles. The fourth-order valence-corrected chi connectivity index (χ4v) is 4.29. The van der Waals surface area contributed by atoms with Crippen molar-refractivity contribution in [3.05, 3.63) is 0 Å². The molecule has 0 aromatic heterocycles. The van der Waals surface area contributed by atoms with Crippen LogP contribution in [-0.4, -0.2) is 28.4 Å². The van der Waals surface area contributed by atoms with Crippen LogP contribution in [0.15, 0.2) is 0 Å². The van der Waals surface area contributed by atoms with Crippen molar-refractivity contribution in [1.82, 2.24) is 4.90 Å². The summed E-state index contributed by atoms with van der Waals surface area (Å²) in [6, 6.07) is 0.0314. The highest BCUT2D eigenvalue weighted by molar-refractivity contribution is 7.80. The first kappa shape index (κ1) is 12.4. The molecule has 18 heavy (non-hydrogen) atoms. The van der Waals surface area contributed by atoms with Crippen LogP contribution in [0.5, 0.6) is 0 Å². The van der Waals surface area contributed by atoms with Gasteiger partial charge < -0.3 is 10.6 Å². The minimum Gasteiger partial charge on any atom is -0.392 e. The molecule has 3 atom stereocenters. The number of fused-ring (bicyclic) bond motifs is 1. The first-order valence-electron chi connectivity index (χ1n) is 7.30. The Kier molecular flexibility index (Phi) is 3.31. The van der Waals surface area contributed by atoms with Crippen LogP contribution in [-0.2, 0) is 4.79 Å². The molecule has 2 aliphatic carbocycles. The predicted octanol–water partition coefficient (Wildman–Crippen LogP) is 2.09. The van der Waals surface area contributed by atoms with Gasteiger partial charge in [0.1, 0.15) is 0 Å². The Labute approximate surface area is 114 Å². The highest BCUT2D eigenvalue weighted by atomic mass is 32.1. The molecule has 3 fully saturated rings. The Hall–Kier alpha value is -0.640. The maximum absolute atomic E-state index is 12.7. The van der Waals surface area contributed by atoms with Crippen LogP contribution in [0.4, 0.5) is 0 Å². The van der Waals surface area contributed by atoms with E-state index in [1.54, 1.807) is 0 Å². The van der Waals surface area contributed by atoms with E-state index in [2.05, 4.69) is 0 Å². The van der Waals surface area contributed by atoms with Crippen LogP contribution < -0.4 is 5.73 Å². The normalized spacial score (nSPS) is 39.0. The van der Waals surface area contributed by atoms with Crippen LogP contribution in [0.3, 0.4) is 0 Å². The third kappa shape index (κ3) is 2.04. The Morgan fingerprint density at radius 1 is 1.06 bits per heavy atom. The van der Waals surface area contributed by atoms with Crippen LogP contribution >= 0.6 is 12.2 Å². The second-order valence-electron chi connectivity index (χ2n) is 6.08. The number of piperidine rings is 1. The average Bonchev–Trinajstić information content (AvgIpc) is 3.12. The zero-order valence-corrected chi connectivity index (χ0v) is 11.6. The fraction of sp³-hybridized carbons (Fsp3) is 0.857. The topological polar surface area (TPSA) is 46.3 Å². The number of rotatable bonds is 2. The molecule has 1 amide bonds. The molecular weight excluding hydrogens is 244 g/mol. The van der Waals surface area contributed by atoms with Crippen molar-refractivity contribution < 1.29 is 4.79 Å². The summed E-state index contributed by atoms with van der Waals surface area (Å²) in [4.78, 5) is 15.2. The van der Waals surface area contributed by atoms with Gasteiger partial charge >= 0.3 is 0 Å². The van der Waals surface area contributed by atoms with E-state index in [4.69, 9.17) is 18.0 Å². The fourth-order valence-electron chi connectivity index (χ4n) is 4.04. The number of hydrogen-bond donors (Lipinski definition) is 1. The molecule has 2 N–H and O–H groups in total. The van der Waals surface area contributed by atoms with Crippen molar-refractivity contribution in [3.8, 4) is 0 Å². The molecule has 0 aromatic rings. The lowest BCUT2D eigenvalue weighted by atomic mass is 10.0. The third-order valence-electron chi connectivity index (χ3n) is 5.06. The molecule has 1 aliphatic heterocycles. The van der Waals surface area contributed by atoms with Crippen molar-refractivity contribution in [2.75, 3.05) is 6.54 Å². The standard InChI is InChI=1S/C14H22N2OS/c15-13(18)11-7-3-4-8-16(11)14(17)12-9-5-1-2-6-10(9)12/h9-12H,1-8H2,(H2,15,18). The van der Waals surface area contributed by atoms with Crippen LogP contribution in [0.2, 0.25) is 0 Å². The van der Waals surface area contributed by atoms with Crippen LogP contribution in [0.1, 0.15) is 44.9 Å². The van der Waals surface area contributed by atoms with E-state index in [0.29, 0.717) is 28.6 Å². The average molecular weight is 266 g/mol. The molecule has 3 nitrogen and oxygen atoms in total. The number of carbonyl (C=O) groups excluding carboxylic acids is 1. The second-order valence-corrected chi connectivity index (χ2v) is 6.55. The van der Waals surface area contributed by atoms with Gasteiger partial charge in [-0.2, -0.15) is 0 Å². The molecule has 2 saturated carbocycles. The molecule has 3 rings (SSSR count). The molecule has 0 radical (unpaired) electrons. The van der Waals surface area contributed by atoms with Crippen LogP contribution in [0.25, 0.3) is 0 Å². The second kappa shape index (κ2) is 4.80. The highest BCUT2D eigenvalue weighted by Gasteiger charge is 2.56. The number of nitrogens with zero attached hydrogens (tertiary/aromatic N) is 1. The smallest absolute Gasteiger partial charge is 0.226 e. The lowest BCUT2D eigenvalue weighted by Gasteiger charge is -2.35. The van der Waals surface area contributed by atoms with Crippen molar-refractivity contribution >= 4 is 23.1 Å². The number of thiocarbonyl (C=S) groups is 1. The Morgan fingerprint density at radius 2 is 1.67 bits per heavy atom. The monoisotopic (exact) mass is 266 g/mol. The largest absolute Gasteiger partial charge is 0.392 e. The number of amides is 1. The summed E-state index contributed by atoms with van der Waals surface area (Å²) in [5, 5.41) is 0. The number of likely N-dealkylation sites (tertiary alicyclic amines) is 1. The van der Waals surface area contributed by atoms with Gasteiger partial charge in [-0.1, -0.05) is 25.1 Å². The van der Waals surface area contributed by atoms with Crippen molar-refractivity contribution in [2.24, 2.45) is 23.5 Å². The molecule has 100 valence electrons. The van der Waals surface area contributed by atoms with Gasteiger partial charge in [0.05, 0.1) is 11.0 Å². The van der Waals surface area contributed by atoms with Gasteiger partial charge in [-0.25, -0.2) is 0 Å². The van der Waals surface area contributed by atoms with E-state index in [1.807, 2.05) is 4.90 Å². The zero-order chi connectivity index (χ0) is 12.7. The number of nitrogens with two attached hydrogens (primary N) is 1. The lowest BCUT2D eigenvalue weighted by molar-refractivity contribution is -0.135. The van der Waals surface area contributed by atoms with E-state index in [-0.39, 0.29) is 6.04 Å². The predicted molar refractivity (Wildman–Crippen MR) is 75.1 cm³/mol. The summed E-state index contributed by atoms with van der Waals surface area (Å²) in [5.41, 5.74) is 5.80. The highest BCUT2D eigenvalue weighted by Crippen LogP contribution is 2.56.